The molecule has 0 spiro atoms. The van der Waals surface area contributed by atoms with Crippen LogP contribution in [0.4, 0.5) is 0 Å². The third kappa shape index (κ3) is 35.5. The maximum Gasteiger partial charge on any atom is 0.306 e. The van der Waals surface area contributed by atoms with Crippen LogP contribution in [0.5, 0.6) is 0 Å². The molecule has 0 radical (unpaired) electrons. The molecule has 4 aliphatic heterocycles. The number of esters is 2. The number of aliphatic hydroxyl groups is 12. The van der Waals surface area contributed by atoms with E-state index in [4.69, 9.17) is 47.4 Å². The van der Waals surface area contributed by atoms with E-state index in [0.29, 0.717) is 19.3 Å². The molecule has 4 aliphatic rings. The van der Waals surface area contributed by atoms with Crippen molar-refractivity contribution in [1.29, 1.82) is 0 Å². The summed E-state index contributed by atoms with van der Waals surface area (Å²) in [5, 5.41) is 134. The van der Waals surface area contributed by atoms with Crippen LogP contribution < -0.4 is 5.32 Å². The van der Waals surface area contributed by atoms with Crippen molar-refractivity contribution >= 4 is 17.8 Å². The van der Waals surface area contributed by atoms with Crippen molar-refractivity contribution in [3.05, 3.63) is 0 Å². The predicted molar refractivity (Wildman–Crippen MR) is 375 cm³/mol. The SMILES string of the molecule is CCCCCCCCCCCCCCCC(=O)N[C@H]1[C@H](O[C@H]2[C@@H](OC[C@@H](COC(=O)CCCCCCCCCCCCCCC)OC(=O)CCCCCCCCCCCCCCC)O[C@H](CO)[C@@H](O)[C@@H]2O)O[C@H](CO[C@@H]2O[C@H](CO[C@H]3O[C@H](CO)[C@H](O)[C@H](O)[C@H]3O)[C@H](O)[C@H](O)[C@H]2O)[C@H](O)[C@@H]1O. The average molecular weight is 1450 g/mol. The molecule has 0 bridgehead atoms. The maximum absolute atomic E-state index is 13.8. The second-order valence-corrected chi connectivity index (χ2v) is 28.9. The molecule has 4 fully saturated rings. The number of carbonyl (C=O) groups is 3. The van der Waals surface area contributed by atoms with Crippen LogP contribution in [-0.4, -0.2) is 248 Å². The molecular weight excluding hydrogens is 1310 g/mol. The summed E-state index contributed by atoms with van der Waals surface area (Å²) in [6.07, 6.45) is 8.66. The Morgan fingerprint density at radius 2 is 0.663 bits per heavy atom. The lowest BCUT2D eigenvalue weighted by molar-refractivity contribution is -0.363. The van der Waals surface area contributed by atoms with Crippen molar-refractivity contribution in [3.63, 3.8) is 0 Å². The lowest BCUT2D eigenvalue weighted by Gasteiger charge is -2.47. The van der Waals surface area contributed by atoms with Crippen molar-refractivity contribution in [3.8, 4) is 0 Å². The molecule has 0 aliphatic carbocycles. The van der Waals surface area contributed by atoms with Gasteiger partial charge in [0.15, 0.2) is 31.3 Å². The molecule has 594 valence electrons. The summed E-state index contributed by atoms with van der Waals surface area (Å²) in [6.45, 7) is 2.67. The Bertz CT molecular complexity index is 2070. The van der Waals surface area contributed by atoms with Gasteiger partial charge in [-0.1, -0.05) is 252 Å². The second-order valence-electron chi connectivity index (χ2n) is 28.9. The number of ether oxygens (including phenoxy) is 10. The molecule has 4 rings (SSSR count). The fourth-order valence-corrected chi connectivity index (χ4v) is 13.6. The Morgan fingerprint density at radius 3 is 1.07 bits per heavy atom. The largest absolute Gasteiger partial charge is 0.462 e. The van der Waals surface area contributed by atoms with E-state index in [1.165, 1.54) is 148 Å². The molecule has 26 heteroatoms. The topological polar surface area (TPSA) is 398 Å². The molecule has 0 saturated carbocycles. The minimum absolute atomic E-state index is 0.00389. The Labute approximate surface area is 602 Å². The molecule has 0 unspecified atom stereocenters. The zero-order valence-corrected chi connectivity index (χ0v) is 61.7. The number of amides is 1. The van der Waals surface area contributed by atoms with Gasteiger partial charge >= 0.3 is 11.9 Å². The Hall–Kier alpha value is -2.39. The molecule has 0 aromatic rings. The van der Waals surface area contributed by atoms with Crippen molar-refractivity contribution in [2.45, 2.75) is 419 Å². The van der Waals surface area contributed by atoms with Gasteiger partial charge < -0.3 is 114 Å². The van der Waals surface area contributed by atoms with Crippen LogP contribution in [0.15, 0.2) is 0 Å². The number of hydrogen-bond acceptors (Lipinski definition) is 25. The highest BCUT2D eigenvalue weighted by molar-refractivity contribution is 5.76. The fourth-order valence-electron chi connectivity index (χ4n) is 13.6. The molecule has 1 amide bonds. The van der Waals surface area contributed by atoms with Crippen LogP contribution in [-0.2, 0) is 61.8 Å². The van der Waals surface area contributed by atoms with Crippen molar-refractivity contribution < 1.29 is 123 Å². The summed E-state index contributed by atoms with van der Waals surface area (Å²) in [7, 11) is 0. The van der Waals surface area contributed by atoms with Gasteiger partial charge in [0.1, 0.15) is 104 Å². The van der Waals surface area contributed by atoms with Crippen molar-refractivity contribution in [1.82, 2.24) is 5.32 Å². The minimum Gasteiger partial charge on any atom is -0.462 e. The number of aliphatic hydroxyl groups excluding tert-OH is 12. The van der Waals surface area contributed by atoms with Gasteiger partial charge in [0.25, 0.3) is 0 Å². The van der Waals surface area contributed by atoms with Gasteiger partial charge in [-0.05, 0) is 19.3 Å². The van der Waals surface area contributed by atoms with Crippen molar-refractivity contribution in [2.24, 2.45) is 0 Å². The van der Waals surface area contributed by atoms with Crippen molar-refractivity contribution in [2.75, 3.05) is 39.6 Å². The highest BCUT2D eigenvalue weighted by atomic mass is 16.8. The summed E-state index contributed by atoms with van der Waals surface area (Å²) < 4.78 is 59.1. The molecule has 4 saturated heterocycles. The first kappa shape index (κ1) is 91.0. The van der Waals surface area contributed by atoms with E-state index in [1.54, 1.807) is 0 Å². The highest BCUT2D eigenvalue weighted by Crippen LogP contribution is 2.33. The number of hydrogen-bond donors (Lipinski definition) is 13. The average Bonchev–Trinajstić information content (AvgIpc) is 0.784. The van der Waals surface area contributed by atoms with Gasteiger partial charge in [0, 0.05) is 19.3 Å². The molecule has 4 heterocycles. The number of rotatable bonds is 59. The Morgan fingerprint density at radius 1 is 0.337 bits per heavy atom. The number of unbranched alkanes of at least 4 members (excludes halogenated alkanes) is 36. The number of carbonyl (C=O) groups excluding carboxylic acids is 3. The number of nitrogens with one attached hydrogen (secondary N) is 1. The standard InChI is InChI=1S/C75H139NO25/c1-4-7-10-13-16-19-22-25-28-31-34-37-40-43-57(79)76-60-65(86)63(84)55(50-95-74-70(91)67(88)64(85)56(100-74)51-94-73-69(90)66(87)61(82)53(46-77)97-73)99-72(60)101-71-68(89)62(83)54(47-78)98-75(71)93-49-52(96-59(81)45-42-39-36-33-30-27-24-21-18-15-12-9-6-3)48-92-58(80)44-41-38-35-32-29-26-23-20-17-14-11-8-5-2/h52-56,60-75,77-78,82-91H,4-51H2,1-3H3,(H,76,79)/t52-,53-,54-,55-,56-,60-,61+,62-,63+,64+,65-,66+,67+,68+,69-,70-,71-,72+,73+,74-,75+/m1/s1. The molecule has 26 nitrogen and oxygen atoms in total. The van der Waals surface area contributed by atoms with E-state index in [2.05, 4.69) is 26.1 Å². The summed E-state index contributed by atoms with van der Waals surface area (Å²) in [6, 6.07) is -1.61. The quantitative estimate of drug-likeness (QED) is 0.0210. The van der Waals surface area contributed by atoms with Gasteiger partial charge in [0.05, 0.1) is 33.0 Å². The molecule has 101 heavy (non-hydrogen) atoms. The normalized spacial score (nSPS) is 30.3. The Balaban J connectivity index is 1.48. The minimum atomic E-state index is -1.97. The lowest BCUT2D eigenvalue weighted by atomic mass is 9.95. The summed E-state index contributed by atoms with van der Waals surface area (Å²) >= 11 is 0. The van der Waals surface area contributed by atoms with Gasteiger partial charge in [-0.3, -0.25) is 14.4 Å². The zero-order chi connectivity index (χ0) is 73.6. The third-order valence-corrected chi connectivity index (χ3v) is 20.2. The van der Waals surface area contributed by atoms with Crippen LogP contribution in [0.2, 0.25) is 0 Å². The molecule has 13 N–H and O–H groups in total. The fraction of sp³-hybridized carbons (Fsp3) is 0.960. The van der Waals surface area contributed by atoms with E-state index in [0.717, 1.165) is 83.5 Å². The van der Waals surface area contributed by atoms with E-state index in [-0.39, 0.29) is 19.3 Å². The van der Waals surface area contributed by atoms with Gasteiger partial charge in [-0.25, -0.2) is 0 Å². The highest BCUT2D eigenvalue weighted by Gasteiger charge is 2.53. The van der Waals surface area contributed by atoms with Gasteiger partial charge in [0.2, 0.25) is 5.91 Å². The summed E-state index contributed by atoms with van der Waals surface area (Å²) in [4.78, 5) is 40.7. The lowest BCUT2D eigenvalue weighted by Crippen LogP contribution is -2.68. The smallest absolute Gasteiger partial charge is 0.306 e. The van der Waals surface area contributed by atoms with Crippen LogP contribution >= 0.6 is 0 Å². The first-order valence-corrected chi connectivity index (χ1v) is 39.7. The molecule has 0 aromatic heterocycles. The zero-order valence-electron chi connectivity index (χ0n) is 61.7. The summed E-state index contributed by atoms with van der Waals surface area (Å²) in [5.41, 5.74) is 0. The predicted octanol–water partition coefficient (Wildman–Crippen LogP) is 7.30. The van der Waals surface area contributed by atoms with Crippen LogP contribution in [0, 0.1) is 0 Å². The third-order valence-electron chi connectivity index (χ3n) is 20.2. The second kappa shape index (κ2) is 55.1. The van der Waals surface area contributed by atoms with Crippen LogP contribution in [0.1, 0.15) is 290 Å². The van der Waals surface area contributed by atoms with Crippen LogP contribution in [0.3, 0.4) is 0 Å². The van der Waals surface area contributed by atoms with E-state index in [9.17, 15) is 75.7 Å². The van der Waals surface area contributed by atoms with E-state index < -0.39 is 186 Å². The van der Waals surface area contributed by atoms with Gasteiger partial charge in [-0.15, -0.1) is 0 Å². The van der Waals surface area contributed by atoms with Crippen LogP contribution in [0.25, 0.3) is 0 Å². The summed E-state index contributed by atoms with van der Waals surface area (Å²) in [5.74, 6) is -1.63. The van der Waals surface area contributed by atoms with E-state index in [1.807, 2.05) is 0 Å². The Kier molecular flexibility index (Phi) is 49.6. The molecule has 21 atom stereocenters. The molecular formula is C75H139NO25. The monoisotopic (exact) mass is 1450 g/mol. The first-order valence-electron chi connectivity index (χ1n) is 39.7. The first-order chi connectivity index (χ1) is 48.9. The van der Waals surface area contributed by atoms with Gasteiger partial charge in [-0.2, -0.15) is 0 Å². The van der Waals surface area contributed by atoms with E-state index >= 15 is 0 Å². The maximum atomic E-state index is 13.8. The molecule has 0 aromatic carbocycles.